The lowest BCUT2D eigenvalue weighted by Gasteiger charge is -2.22. The molecule has 0 saturated heterocycles. The van der Waals surface area contributed by atoms with Crippen molar-refractivity contribution in [2.24, 2.45) is 0 Å². The van der Waals surface area contributed by atoms with E-state index < -0.39 is 5.91 Å². The van der Waals surface area contributed by atoms with Crippen molar-refractivity contribution in [3.05, 3.63) is 94.9 Å². The summed E-state index contributed by atoms with van der Waals surface area (Å²) in [7, 11) is 1.44. The number of hydrogen-bond donors (Lipinski definition) is 0. The summed E-state index contributed by atoms with van der Waals surface area (Å²) in [5, 5.41) is 0. The van der Waals surface area contributed by atoms with Gasteiger partial charge in [0.25, 0.3) is 17.7 Å². The molecule has 0 bridgehead atoms. The molecule has 6 heteroatoms. The molecule has 0 spiro atoms. The molecule has 6 nitrogen and oxygen atoms in total. The summed E-state index contributed by atoms with van der Waals surface area (Å²) in [6, 6.07) is 17.9. The first-order chi connectivity index (χ1) is 13.5. The number of furan rings is 1. The Hall–Kier alpha value is -3.67. The van der Waals surface area contributed by atoms with E-state index in [0.29, 0.717) is 30.0 Å². The van der Waals surface area contributed by atoms with Crippen LogP contribution in [0.2, 0.25) is 0 Å². The molecule has 28 heavy (non-hydrogen) atoms. The fourth-order valence-electron chi connectivity index (χ4n) is 3.27. The molecular weight excluding hydrogens is 356 g/mol. The number of nitrogens with zero attached hydrogens (tertiary/aromatic N) is 2. The quantitative estimate of drug-likeness (QED) is 0.642. The zero-order chi connectivity index (χ0) is 19.7. The summed E-state index contributed by atoms with van der Waals surface area (Å²) >= 11 is 0. The number of carbonyl (C=O) groups is 3. The van der Waals surface area contributed by atoms with Gasteiger partial charge in [-0.3, -0.25) is 19.3 Å². The molecular formula is C22H18N2O4. The fourth-order valence-corrected chi connectivity index (χ4v) is 3.27. The zero-order valence-corrected chi connectivity index (χ0v) is 15.3. The van der Waals surface area contributed by atoms with E-state index in [9.17, 15) is 14.4 Å². The molecule has 140 valence electrons. The Morgan fingerprint density at radius 1 is 0.929 bits per heavy atom. The average Bonchev–Trinajstić information content (AvgIpc) is 3.31. The minimum atomic E-state index is -0.393. The average molecular weight is 374 g/mol. The first kappa shape index (κ1) is 17.7. The summed E-state index contributed by atoms with van der Waals surface area (Å²) in [6.07, 6.45) is 1.57. The van der Waals surface area contributed by atoms with Crippen LogP contribution in [0.4, 0.5) is 0 Å². The zero-order valence-electron chi connectivity index (χ0n) is 15.3. The van der Waals surface area contributed by atoms with Gasteiger partial charge in [-0.2, -0.15) is 0 Å². The minimum absolute atomic E-state index is 0.238. The molecule has 0 N–H and O–H groups in total. The molecule has 3 amide bonds. The van der Waals surface area contributed by atoms with Gasteiger partial charge in [-0.25, -0.2) is 0 Å². The van der Waals surface area contributed by atoms with Gasteiger partial charge < -0.3 is 9.32 Å². The van der Waals surface area contributed by atoms with Gasteiger partial charge in [-0.05, 0) is 35.9 Å². The van der Waals surface area contributed by atoms with Gasteiger partial charge in [0.2, 0.25) is 0 Å². The Labute approximate surface area is 162 Å². The van der Waals surface area contributed by atoms with Gasteiger partial charge in [0.1, 0.15) is 5.76 Å². The topological polar surface area (TPSA) is 70.8 Å². The first-order valence-electron chi connectivity index (χ1n) is 8.86. The summed E-state index contributed by atoms with van der Waals surface area (Å²) < 4.78 is 5.41. The smallest absolute Gasteiger partial charge is 0.261 e. The second-order valence-corrected chi connectivity index (χ2v) is 6.66. The maximum absolute atomic E-state index is 13.2. The van der Waals surface area contributed by atoms with Crippen molar-refractivity contribution in [1.29, 1.82) is 0 Å². The van der Waals surface area contributed by atoms with Crippen LogP contribution in [-0.2, 0) is 13.1 Å². The number of amides is 3. The summed E-state index contributed by atoms with van der Waals surface area (Å²) in [5.41, 5.74) is 1.92. The predicted octanol–water partition coefficient (Wildman–Crippen LogP) is 3.35. The highest BCUT2D eigenvalue weighted by atomic mass is 16.3. The van der Waals surface area contributed by atoms with E-state index in [1.165, 1.54) is 13.1 Å². The lowest BCUT2D eigenvalue weighted by atomic mass is 10.0. The van der Waals surface area contributed by atoms with Gasteiger partial charge >= 0.3 is 0 Å². The molecule has 0 unspecified atom stereocenters. The van der Waals surface area contributed by atoms with Crippen LogP contribution < -0.4 is 0 Å². The van der Waals surface area contributed by atoms with E-state index in [1.54, 1.807) is 29.4 Å². The number of imide groups is 1. The summed E-state index contributed by atoms with van der Waals surface area (Å²) in [5.74, 6) is -0.319. The van der Waals surface area contributed by atoms with E-state index in [2.05, 4.69) is 0 Å². The Morgan fingerprint density at radius 2 is 1.68 bits per heavy atom. The molecule has 1 aliphatic heterocycles. The summed E-state index contributed by atoms with van der Waals surface area (Å²) in [4.78, 5) is 40.3. The Bertz CT molecular complexity index is 1040. The SMILES string of the molecule is CN1C(=O)c2ccc(C(=O)N(Cc3ccccc3)Cc3ccco3)cc2C1=O. The standard InChI is InChI=1S/C22H18N2O4/c1-23-21(26)18-10-9-16(12-19(18)22(23)27)20(25)24(14-17-8-5-11-28-17)13-15-6-3-2-4-7-15/h2-12H,13-14H2,1H3. The molecule has 3 aromatic rings. The van der Waals surface area contributed by atoms with E-state index in [4.69, 9.17) is 4.42 Å². The second-order valence-electron chi connectivity index (χ2n) is 6.66. The lowest BCUT2D eigenvalue weighted by Crippen LogP contribution is -2.30. The maximum Gasteiger partial charge on any atom is 0.261 e. The van der Waals surface area contributed by atoms with Crippen molar-refractivity contribution in [2.75, 3.05) is 7.05 Å². The minimum Gasteiger partial charge on any atom is -0.467 e. The molecule has 0 atom stereocenters. The van der Waals surface area contributed by atoms with E-state index in [1.807, 2.05) is 36.4 Å². The van der Waals surface area contributed by atoms with Crippen molar-refractivity contribution in [3.63, 3.8) is 0 Å². The lowest BCUT2D eigenvalue weighted by molar-refractivity contribution is 0.0691. The Balaban J connectivity index is 1.65. The largest absolute Gasteiger partial charge is 0.467 e. The van der Waals surface area contributed by atoms with Gasteiger partial charge in [0, 0.05) is 19.2 Å². The number of hydrogen-bond acceptors (Lipinski definition) is 4. The van der Waals surface area contributed by atoms with Crippen LogP contribution in [0.5, 0.6) is 0 Å². The van der Waals surface area contributed by atoms with Crippen LogP contribution >= 0.6 is 0 Å². The molecule has 0 radical (unpaired) electrons. The van der Waals surface area contributed by atoms with Crippen LogP contribution in [0.1, 0.15) is 42.4 Å². The number of carbonyl (C=O) groups excluding carboxylic acids is 3. The summed E-state index contributed by atoms with van der Waals surface area (Å²) in [6.45, 7) is 0.689. The van der Waals surface area contributed by atoms with Crippen molar-refractivity contribution in [1.82, 2.24) is 9.80 Å². The molecule has 0 saturated carbocycles. The molecule has 4 rings (SSSR count). The van der Waals surface area contributed by atoms with Crippen molar-refractivity contribution < 1.29 is 18.8 Å². The Kier molecular flexibility index (Phi) is 4.53. The highest BCUT2D eigenvalue weighted by molar-refractivity contribution is 6.21. The monoisotopic (exact) mass is 374 g/mol. The molecule has 0 fully saturated rings. The van der Waals surface area contributed by atoms with Gasteiger partial charge in [-0.15, -0.1) is 0 Å². The third-order valence-corrected chi connectivity index (χ3v) is 4.77. The number of rotatable bonds is 5. The van der Waals surface area contributed by atoms with E-state index >= 15 is 0 Å². The van der Waals surface area contributed by atoms with Crippen LogP contribution in [-0.4, -0.2) is 34.6 Å². The molecule has 1 aliphatic rings. The molecule has 2 heterocycles. The van der Waals surface area contributed by atoms with E-state index in [-0.39, 0.29) is 17.4 Å². The third-order valence-electron chi connectivity index (χ3n) is 4.77. The molecule has 2 aromatic carbocycles. The Morgan fingerprint density at radius 3 is 2.39 bits per heavy atom. The second kappa shape index (κ2) is 7.15. The maximum atomic E-state index is 13.2. The van der Waals surface area contributed by atoms with Gasteiger partial charge in [0.05, 0.1) is 23.9 Å². The number of benzene rings is 2. The van der Waals surface area contributed by atoms with Crippen LogP contribution in [0.3, 0.4) is 0 Å². The van der Waals surface area contributed by atoms with Crippen molar-refractivity contribution in [2.45, 2.75) is 13.1 Å². The van der Waals surface area contributed by atoms with Gasteiger partial charge in [-0.1, -0.05) is 30.3 Å². The first-order valence-corrected chi connectivity index (χ1v) is 8.86. The van der Waals surface area contributed by atoms with Crippen LogP contribution in [0, 0.1) is 0 Å². The predicted molar refractivity (Wildman–Crippen MR) is 102 cm³/mol. The van der Waals surface area contributed by atoms with Crippen molar-refractivity contribution >= 4 is 17.7 Å². The van der Waals surface area contributed by atoms with Crippen LogP contribution in [0.15, 0.2) is 71.3 Å². The highest BCUT2D eigenvalue weighted by Crippen LogP contribution is 2.24. The molecule has 0 aliphatic carbocycles. The molecule has 1 aromatic heterocycles. The number of fused-ring (bicyclic) bond motifs is 1. The van der Waals surface area contributed by atoms with Crippen molar-refractivity contribution in [3.8, 4) is 0 Å². The normalized spacial score (nSPS) is 13.0. The fraction of sp³-hybridized carbons (Fsp3) is 0.136. The van der Waals surface area contributed by atoms with E-state index in [0.717, 1.165) is 10.5 Å². The van der Waals surface area contributed by atoms with Gasteiger partial charge in [0.15, 0.2) is 0 Å². The third kappa shape index (κ3) is 3.20. The highest BCUT2D eigenvalue weighted by Gasteiger charge is 2.33. The van der Waals surface area contributed by atoms with Crippen LogP contribution in [0.25, 0.3) is 0 Å².